The fraction of sp³-hybridized carbons (Fsp3) is 0.667. The minimum Gasteiger partial charge on any atom is -0.550 e. The number of hydrogen-bond acceptors (Lipinski definition) is 2. The molecule has 0 heterocycles. The molecule has 0 rings (SSSR count). The van der Waals surface area contributed by atoms with Crippen LogP contribution in [0.25, 0.3) is 0 Å². The Morgan fingerprint density at radius 1 is 1.33 bits per heavy atom. The van der Waals surface area contributed by atoms with Crippen LogP contribution in [-0.2, 0) is 4.79 Å². The summed E-state index contributed by atoms with van der Waals surface area (Å²) in [6.45, 7) is 1.99. The summed E-state index contributed by atoms with van der Waals surface area (Å²) in [5.41, 5.74) is 0. The van der Waals surface area contributed by atoms with Crippen molar-refractivity contribution in [2.75, 3.05) is 0 Å². The molecule has 0 aromatic carbocycles. The molecule has 0 N–H and O–H groups in total. The second-order valence-electron chi connectivity index (χ2n) is 2.54. The predicted octanol–water partition coefficient (Wildman–Crippen LogP) is -1.73. The number of carbonyl (C=O) groups excluding carboxylic acids is 1. The molecule has 0 aliphatic rings. The van der Waals surface area contributed by atoms with Gasteiger partial charge in [0.25, 0.3) is 0 Å². The van der Waals surface area contributed by atoms with Crippen molar-refractivity contribution in [3.05, 3.63) is 12.2 Å². The second-order valence-corrected chi connectivity index (χ2v) is 2.54. The summed E-state index contributed by atoms with van der Waals surface area (Å²) in [5, 5.41) is 9.96. The summed E-state index contributed by atoms with van der Waals surface area (Å²) in [6, 6.07) is 0. The summed E-state index contributed by atoms with van der Waals surface area (Å²) >= 11 is 0. The average Bonchev–Trinajstić information content (AvgIpc) is 1.96. The van der Waals surface area contributed by atoms with Crippen LogP contribution in [0, 0.1) is 0 Å². The van der Waals surface area contributed by atoms with E-state index in [9.17, 15) is 9.90 Å². The molecule has 12 heavy (non-hydrogen) atoms. The number of aliphatic carboxylic acids is 1. The van der Waals surface area contributed by atoms with Crippen molar-refractivity contribution < 1.29 is 39.5 Å². The average molecular weight is 178 g/mol. The zero-order valence-electron chi connectivity index (χ0n) is 8.01. The molecule has 0 radical (unpaired) electrons. The van der Waals surface area contributed by atoms with Crippen LogP contribution in [0.1, 0.15) is 39.0 Å². The van der Waals surface area contributed by atoms with Crippen molar-refractivity contribution >= 4 is 5.97 Å². The number of carbonyl (C=O) groups is 1. The molecule has 0 fully saturated rings. The molecule has 0 aromatic heterocycles. The van der Waals surface area contributed by atoms with E-state index < -0.39 is 5.97 Å². The van der Waals surface area contributed by atoms with Crippen molar-refractivity contribution in [3.8, 4) is 0 Å². The Hall–Kier alpha value is 0.210. The van der Waals surface area contributed by atoms with E-state index in [0.29, 0.717) is 0 Å². The quantitative estimate of drug-likeness (QED) is 0.275. The Labute approximate surface area is 96.3 Å². The van der Waals surface area contributed by atoms with E-state index in [1.165, 1.54) is 0 Å². The Balaban J connectivity index is 0. The summed E-state index contributed by atoms with van der Waals surface area (Å²) < 4.78 is 0. The monoisotopic (exact) mass is 178 g/mol. The first-order chi connectivity index (χ1) is 5.27. The number of carboxylic acids is 1. The fourth-order valence-corrected chi connectivity index (χ4v) is 0.875. The van der Waals surface area contributed by atoms with E-state index >= 15 is 0 Å². The van der Waals surface area contributed by atoms with Gasteiger partial charge in [-0.05, 0) is 32.6 Å². The van der Waals surface area contributed by atoms with Crippen LogP contribution in [0.2, 0.25) is 0 Å². The Kier molecular flexibility index (Phi) is 13.7. The second kappa shape index (κ2) is 11.2. The van der Waals surface area contributed by atoms with E-state index in [0.717, 1.165) is 25.7 Å². The smallest absolute Gasteiger partial charge is 0.550 e. The largest absolute Gasteiger partial charge is 1.00 e. The van der Waals surface area contributed by atoms with Gasteiger partial charge in [0.15, 0.2) is 0 Å². The number of carboxylic acid groups (broad SMARTS) is 1. The standard InChI is InChI=1S/C9H16O2.Na/c1-2-3-4-5-6-7-8-9(10)11;/h2-3H,4-8H2,1H3,(H,10,11);/q;+1/p-1/b3-2+;. The minimum atomic E-state index is -0.934. The van der Waals surface area contributed by atoms with Crippen LogP contribution in [-0.4, -0.2) is 5.97 Å². The Morgan fingerprint density at radius 3 is 2.50 bits per heavy atom. The molecule has 2 nitrogen and oxygen atoms in total. The molecule has 3 heteroatoms. The van der Waals surface area contributed by atoms with Gasteiger partial charge in [-0.25, -0.2) is 0 Å². The van der Waals surface area contributed by atoms with Crippen molar-refractivity contribution in [2.24, 2.45) is 0 Å². The van der Waals surface area contributed by atoms with Gasteiger partial charge in [0.05, 0.1) is 0 Å². The van der Waals surface area contributed by atoms with E-state index in [-0.39, 0.29) is 36.0 Å². The molecule has 0 saturated carbocycles. The van der Waals surface area contributed by atoms with Gasteiger partial charge in [-0.1, -0.05) is 18.6 Å². The maximum absolute atomic E-state index is 9.96. The summed E-state index contributed by atoms with van der Waals surface area (Å²) in [5.74, 6) is -0.934. The molecule has 0 saturated heterocycles. The Morgan fingerprint density at radius 2 is 2.00 bits per heavy atom. The first kappa shape index (κ1) is 14.7. The van der Waals surface area contributed by atoms with Crippen molar-refractivity contribution in [2.45, 2.75) is 39.0 Å². The molecule has 0 aliphatic carbocycles. The van der Waals surface area contributed by atoms with Gasteiger partial charge in [0.1, 0.15) is 0 Å². The molecule has 0 aromatic rings. The zero-order chi connectivity index (χ0) is 8.53. The van der Waals surface area contributed by atoms with E-state index in [2.05, 4.69) is 6.08 Å². The third-order valence-electron chi connectivity index (χ3n) is 1.49. The summed E-state index contributed by atoms with van der Waals surface area (Å²) in [6.07, 6.45) is 8.19. The molecule has 64 valence electrons. The van der Waals surface area contributed by atoms with Crippen molar-refractivity contribution in [3.63, 3.8) is 0 Å². The van der Waals surface area contributed by atoms with Crippen LogP contribution in [0.3, 0.4) is 0 Å². The zero-order valence-corrected chi connectivity index (χ0v) is 10.0. The molecule has 0 amide bonds. The summed E-state index contributed by atoms with van der Waals surface area (Å²) in [4.78, 5) is 9.96. The Bertz CT molecular complexity index is 132. The maximum Gasteiger partial charge on any atom is 1.00 e. The van der Waals surface area contributed by atoms with E-state index in [1.807, 2.05) is 13.0 Å². The minimum absolute atomic E-state index is 0. The van der Waals surface area contributed by atoms with Gasteiger partial charge in [0, 0.05) is 5.97 Å². The normalized spacial score (nSPS) is 9.75. The van der Waals surface area contributed by atoms with Crippen molar-refractivity contribution in [1.29, 1.82) is 0 Å². The molecule has 0 aliphatic heterocycles. The van der Waals surface area contributed by atoms with Gasteiger partial charge in [-0.3, -0.25) is 0 Å². The first-order valence-electron chi connectivity index (χ1n) is 4.08. The third-order valence-corrected chi connectivity index (χ3v) is 1.49. The van der Waals surface area contributed by atoms with Crippen LogP contribution >= 0.6 is 0 Å². The first-order valence-corrected chi connectivity index (χ1v) is 4.08. The van der Waals surface area contributed by atoms with E-state index in [1.54, 1.807) is 0 Å². The van der Waals surface area contributed by atoms with Gasteiger partial charge < -0.3 is 9.90 Å². The molecule has 0 bridgehead atoms. The molecule has 0 spiro atoms. The maximum atomic E-state index is 9.96. The number of hydrogen-bond donors (Lipinski definition) is 0. The van der Waals surface area contributed by atoms with Crippen molar-refractivity contribution in [1.82, 2.24) is 0 Å². The molecular weight excluding hydrogens is 163 g/mol. The van der Waals surface area contributed by atoms with Gasteiger partial charge in [0.2, 0.25) is 0 Å². The van der Waals surface area contributed by atoms with Gasteiger partial charge in [-0.15, -0.1) is 0 Å². The topological polar surface area (TPSA) is 40.1 Å². The summed E-state index contributed by atoms with van der Waals surface area (Å²) in [7, 11) is 0. The van der Waals surface area contributed by atoms with E-state index in [4.69, 9.17) is 0 Å². The van der Waals surface area contributed by atoms with Crippen LogP contribution in [0.15, 0.2) is 12.2 Å². The van der Waals surface area contributed by atoms with Crippen LogP contribution in [0.4, 0.5) is 0 Å². The van der Waals surface area contributed by atoms with Crippen LogP contribution in [0.5, 0.6) is 0 Å². The van der Waals surface area contributed by atoms with Gasteiger partial charge >= 0.3 is 29.6 Å². The predicted molar refractivity (Wildman–Crippen MR) is 42.9 cm³/mol. The third kappa shape index (κ3) is 12.8. The number of allylic oxidation sites excluding steroid dienone is 2. The molecular formula is C9H15NaO2. The SMILES string of the molecule is C/C=C/CCCCCC(=O)[O-].[Na+]. The molecule has 0 unspecified atom stereocenters. The van der Waals surface area contributed by atoms with Gasteiger partial charge in [-0.2, -0.15) is 0 Å². The fourth-order valence-electron chi connectivity index (χ4n) is 0.875. The molecule has 0 atom stereocenters. The number of unbranched alkanes of at least 4 members (excludes halogenated alkanes) is 3. The number of rotatable bonds is 6. The van der Waals surface area contributed by atoms with Crippen LogP contribution < -0.4 is 34.7 Å².